The summed E-state index contributed by atoms with van der Waals surface area (Å²) in [4.78, 5) is 13.8. The molecule has 0 saturated carbocycles. The van der Waals surface area contributed by atoms with Gasteiger partial charge in [-0.25, -0.2) is 4.79 Å². The molecule has 1 fully saturated rings. The Balaban J connectivity index is 2.47. The van der Waals surface area contributed by atoms with E-state index in [1.165, 1.54) is 13.2 Å². The Kier molecular flexibility index (Phi) is 4.64. The predicted molar refractivity (Wildman–Crippen MR) is 77.4 cm³/mol. The van der Waals surface area contributed by atoms with E-state index in [0.29, 0.717) is 11.0 Å². The fourth-order valence-corrected chi connectivity index (χ4v) is 2.46. The lowest BCUT2D eigenvalue weighted by Gasteiger charge is -2.31. The van der Waals surface area contributed by atoms with Crippen LogP contribution in [0.3, 0.4) is 0 Å². The molecule has 6 nitrogen and oxygen atoms in total. The summed E-state index contributed by atoms with van der Waals surface area (Å²) in [5, 5.41) is 22.2. The minimum Gasteiger partial charge on any atom is -0.465 e. The van der Waals surface area contributed by atoms with Gasteiger partial charge < -0.3 is 25.0 Å². The molecule has 0 bridgehead atoms. The number of carbonyl (C=O) groups excluding carboxylic acids is 1. The number of nitrogens with zero attached hydrogens (tertiary/aromatic N) is 1. The standard InChI is InChI=1S/C13H19BN2O4/c1-9-11(14(18)19)7-10(13(17)20-2)8-12(9)16-5-3-15-4-6-16/h7-8,15,18-19H,3-6H2,1-2H3. The Morgan fingerprint density at radius 3 is 2.55 bits per heavy atom. The van der Waals surface area contributed by atoms with E-state index in [1.54, 1.807) is 6.07 Å². The first-order chi connectivity index (χ1) is 9.54. The molecule has 1 aromatic rings. The number of piperazine rings is 1. The van der Waals surface area contributed by atoms with Crippen LogP contribution >= 0.6 is 0 Å². The molecule has 108 valence electrons. The van der Waals surface area contributed by atoms with Gasteiger partial charge in [-0.3, -0.25) is 0 Å². The molecule has 0 radical (unpaired) electrons. The van der Waals surface area contributed by atoms with Crippen molar-refractivity contribution in [3.8, 4) is 0 Å². The molecule has 3 N–H and O–H groups in total. The van der Waals surface area contributed by atoms with E-state index in [1.807, 2.05) is 6.92 Å². The van der Waals surface area contributed by atoms with Crippen molar-refractivity contribution in [2.45, 2.75) is 6.92 Å². The fourth-order valence-electron chi connectivity index (χ4n) is 2.46. The molecule has 0 spiro atoms. The number of esters is 1. The van der Waals surface area contributed by atoms with E-state index in [-0.39, 0.29) is 0 Å². The van der Waals surface area contributed by atoms with Crippen LogP contribution in [0.5, 0.6) is 0 Å². The summed E-state index contributed by atoms with van der Waals surface area (Å²) in [7, 11) is -0.303. The second-order valence-corrected chi connectivity index (χ2v) is 4.81. The molecule has 1 saturated heterocycles. The van der Waals surface area contributed by atoms with E-state index >= 15 is 0 Å². The SMILES string of the molecule is COC(=O)c1cc(B(O)O)c(C)c(N2CCNCC2)c1. The van der Waals surface area contributed by atoms with E-state index in [9.17, 15) is 14.8 Å². The van der Waals surface area contributed by atoms with Crippen LogP contribution < -0.4 is 15.7 Å². The van der Waals surface area contributed by atoms with Gasteiger partial charge in [-0.05, 0) is 30.1 Å². The minimum absolute atomic E-state index is 0.328. The van der Waals surface area contributed by atoms with Gasteiger partial charge in [0.1, 0.15) is 0 Å². The molecule has 0 aromatic heterocycles. The molecule has 1 aromatic carbocycles. The highest BCUT2D eigenvalue weighted by molar-refractivity contribution is 6.59. The van der Waals surface area contributed by atoms with Gasteiger partial charge in [-0.15, -0.1) is 0 Å². The summed E-state index contributed by atoms with van der Waals surface area (Å²) in [6, 6.07) is 3.22. The highest BCUT2D eigenvalue weighted by Crippen LogP contribution is 2.21. The second-order valence-electron chi connectivity index (χ2n) is 4.81. The van der Waals surface area contributed by atoms with Crippen LogP contribution in [0.1, 0.15) is 15.9 Å². The van der Waals surface area contributed by atoms with E-state index in [4.69, 9.17) is 4.74 Å². The van der Waals surface area contributed by atoms with Crippen LogP contribution in [0, 0.1) is 6.92 Å². The van der Waals surface area contributed by atoms with E-state index in [0.717, 1.165) is 37.4 Å². The van der Waals surface area contributed by atoms with Crippen LogP contribution in [-0.2, 0) is 4.74 Å². The number of nitrogens with one attached hydrogen (secondary N) is 1. The quantitative estimate of drug-likeness (QED) is 0.479. The average Bonchev–Trinajstić information content (AvgIpc) is 2.47. The van der Waals surface area contributed by atoms with Crippen LogP contribution in [0.4, 0.5) is 5.69 Å². The molecular weight excluding hydrogens is 259 g/mol. The van der Waals surface area contributed by atoms with E-state index in [2.05, 4.69) is 10.2 Å². The lowest BCUT2D eigenvalue weighted by molar-refractivity contribution is 0.0601. The van der Waals surface area contributed by atoms with Crippen molar-refractivity contribution in [3.63, 3.8) is 0 Å². The maximum atomic E-state index is 11.7. The number of hydrogen-bond acceptors (Lipinski definition) is 6. The van der Waals surface area contributed by atoms with Crippen molar-refractivity contribution >= 4 is 24.2 Å². The monoisotopic (exact) mass is 278 g/mol. The summed E-state index contributed by atoms with van der Waals surface area (Å²) in [5.41, 5.74) is 2.28. The topological polar surface area (TPSA) is 82.0 Å². The van der Waals surface area contributed by atoms with Crippen LogP contribution in [-0.4, -0.2) is 56.4 Å². The van der Waals surface area contributed by atoms with Crippen LogP contribution in [0.25, 0.3) is 0 Å². The van der Waals surface area contributed by atoms with Crippen molar-refractivity contribution in [1.29, 1.82) is 0 Å². The van der Waals surface area contributed by atoms with Gasteiger partial charge in [0, 0.05) is 31.9 Å². The molecule has 0 aliphatic carbocycles. The molecule has 7 heteroatoms. The normalized spacial score (nSPS) is 15.1. The van der Waals surface area contributed by atoms with Gasteiger partial charge in [-0.1, -0.05) is 0 Å². The maximum absolute atomic E-state index is 11.7. The highest BCUT2D eigenvalue weighted by atomic mass is 16.5. The lowest BCUT2D eigenvalue weighted by Crippen LogP contribution is -2.45. The molecular formula is C13H19BN2O4. The Hall–Kier alpha value is -1.57. The third kappa shape index (κ3) is 2.95. The summed E-state index contributed by atoms with van der Waals surface area (Å²) in [6.45, 7) is 5.17. The number of ether oxygens (including phenoxy) is 1. The van der Waals surface area contributed by atoms with Gasteiger partial charge in [-0.2, -0.15) is 0 Å². The molecule has 1 heterocycles. The third-order valence-corrected chi connectivity index (χ3v) is 3.58. The number of hydrogen-bond donors (Lipinski definition) is 3. The number of anilines is 1. The zero-order valence-corrected chi connectivity index (χ0v) is 11.7. The molecule has 0 unspecified atom stereocenters. The zero-order chi connectivity index (χ0) is 14.7. The average molecular weight is 278 g/mol. The van der Waals surface area contributed by atoms with Gasteiger partial charge in [0.05, 0.1) is 12.7 Å². The second kappa shape index (κ2) is 6.26. The fraction of sp³-hybridized carbons (Fsp3) is 0.462. The molecule has 2 rings (SSSR count). The van der Waals surface area contributed by atoms with Crippen molar-refractivity contribution in [3.05, 3.63) is 23.3 Å². The van der Waals surface area contributed by atoms with Crippen molar-refractivity contribution in [1.82, 2.24) is 5.32 Å². The van der Waals surface area contributed by atoms with Crippen LogP contribution in [0.2, 0.25) is 0 Å². The van der Waals surface area contributed by atoms with Crippen LogP contribution in [0.15, 0.2) is 12.1 Å². The number of benzene rings is 1. The summed E-state index contributed by atoms with van der Waals surface area (Å²) >= 11 is 0. The Morgan fingerprint density at radius 1 is 1.35 bits per heavy atom. The first kappa shape index (κ1) is 14.8. The predicted octanol–water partition coefficient (Wildman–Crippen LogP) is -1.13. The Morgan fingerprint density at radius 2 is 2.00 bits per heavy atom. The summed E-state index contributed by atoms with van der Waals surface area (Å²) in [5.74, 6) is -0.483. The first-order valence-electron chi connectivity index (χ1n) is 6.59. The molecule has 1 aliphatic heterocycles. The highest BCUT2D eigenvalue weighted by Gasteiger charge is 2.23. The molecule has 0 amide bonds. The van der Waals surface area contributed by atoms with Gasteiger partial charge in [0.15, 0.2) is 0 Å². The van der Waals surface area contributed by atoms with Crippen molar-refractivity contribution in [2.24, 2.45) is 0 Å². The number of rotatable bonds is 3. The third-order valence-electron chi connectivity index (χ3n) is 3.58. The molecule has 1 aliphatic rings. The smallest absolute Gasteiger partial charge is 0.465 e. The lowest BCUT2D eigenvalue weighted by atomic mass is 9.76. The Bertz CT molecular complexity index is 501. The summed E-state index contributed by atoms with van der Waals surface area (Å²) in [6.07, 6.45) is 0. The largest absolute Gasteiger partial charge is 0.488 e. The first-order valence-corrected chi connectivity index (χ1v) is 6.59. The Labute approximate surface area is 118 Å². The maximum Gasteiger partial charge on any atom is 0.488 e. The van der Waals surface area contributed by atoms with Gasteiger partial charge in [0.25, 0.3) is 0 Å². The summed E-state index contributed by atoms with van der Waals surface area (Å²) < 4.78 is 4.72. The number of methoxy groups -OCH3 is 1. The van der Waals surface area contributed by atoms with Gasteiger partial charge in [0.2, 0.25) is 0 Å². The molecule has 0 atom stereocenters. The zero-order valence-electron chi connectivity index (χ0n) is 11.7. The minimum atomic E-state index is -1.61. The molecule has 20 heavy (non-hydrogen) atoms. The number of carbonyl (C=O) groups is 1. The van der Waals surface area contributed by atoms with Crippen molar-refractivity contribution < 1.29 is 19.6 Å². The van der Waals surface area contributed by atoms with E-state index < -0.39 is 13.1 Å². The van der Waals surface area contributed by atoms with Gasteiger partial charge >= 0.3 is 13.1 Å². The van der Waals surface area contributed by atoms with Crippen molar-refractivity contribution in [2.75, 3.05) is 38.2 Å².